The number of Topliss-reactive ketones (excluding diaryl/α,β-unsaturated/α-hetero) is 1. The van der Waals surface area contributed by atoms with Crippen molar-refractivity contribution in [2.45, 2.75) is 26.3 Å². The molecule has 0 spiro atoms. The third-order valence-electron chi connectivity index (χ3n) is 6.09. The lowest BCUT2D eigenvalue weighted by atomic mass is 9.92. The first-order valence-electron chi connectivity index (χ1n) is 9.86. The van der Waals surface area contributed by atoms with Gasteiger partial charge in [0.1, 0.15) is 18.3 Å². The van der Waals surface area contributed by atoms with Gasteiger partial charge in [-0.05, 0) is 49.7 Å². The lowest BCUT2D eigenvalue weighted by molar-refractivity contribution is -0.923. The number of aryl methyl sites for hydroxylation is 1. The van der Waals surface area contributed by atoms with Crippen molar-refractivity contribution in [1.82, 2.24) is 4.98 Å². The highest BCUT2D eigenvalue weighted by Crippen LogP contribution is 2.33. The van der Waals surface area contributed by atoms with Crippen molar-refractivity contribution in [2.24, 2.45) is 0 Å². The van der Waals surface area contributed by atoms with Crippen LogP contribution >= 0.6 is 0 Å². The summed E-state index contributed by atoms with van der Waals surface area (Å²) in [6.07, 6.45) is 0.820. The second kappa shape index (κ2) is 7.44. The van der Waals surface area contributed by atoms with E-state index in [2.05, 4.69) is 11.9 Å². The van der Waals surface area contributed by atoms with Crippen LogP contribution in [0.1, 0.15) is 40.1 Å². The Bertz CT molecular complexity index is 1090. The van der Waals surface area contributed by atoms with Crippen LogP contribution in [-0.2, 0) is 6.42 Å². The molecule has 29 heavy (non-hydrogen) atoms. The molecule has 0 radical (unpaired) electrons. The lowest BCUT2D eigenvalue weighted by Crippen LogP contribution is -3.13. The van der Waals surface area contributed by atoms with Gasteiger partial charge in [-0.15, -0.1) is 0 Å². The number of nitrogens with one attached hydrogen (secondary N) is 2. The van der Waals surface area contributed by atoms with Crippen LogP contribution in [0.5, 0.6) is 17.2 Å². The van der Waals surface area contributed by atoms with E-state index in [1.807, 2.05) is 31.2 Å². The third kappa shape index (κ3) is 3.34. The number of aromatic nitrogens is 1. The fourth-order valence-electron chi connectivity index (χ4n) is 4.47. The largest absolute Gasteiger partial charge is 0.504 e. The standard InChI is InChI=1S/C23H26N2O4/c1-13-23(18-10-16(28-3)5-6-19(18)24-13)21(27)12-25-8-7-15-9-20(26)22(29-4)11-17(15)14(25)2/h5-6,9-11,14,24,26H,7-8,12H2,1-4H3/p+1/t14-/m1/s1. The van der Waals surface area contributed by atoms with E-state index in [1.165, 1.54) is 4.90 Å². The predicted octanol–water partition coefficient (Wildman–Crippen LogP) is 2.58. The molecule has 152 valence electrons. The molecule has 0 saturated carbocycles. The van der Waals surface area contributed by atoms with Gasteiger partial charge in [0.15, 0.2) is 11.5 Å². The number of benzene rings is 2. The molecule has 3 N–H and O–H groups in total. The topological polar surface area (TPSA) is 76.0 Å². The van der Waals surface area contributed by atoms with Crippen LogP contribution in [0.4, 0.5) is 0 Å². The Labute approximate surface area is 170 Å². The van der Waals surface area contributed by atoms with Gasteiger partial charge in [-0.1, -0.05) is 0 Å². The van der Waals surface area contributed by atoms with Gasteiger partial charge in [0, 0.05) is 28.6 Å². The normalized spacial score (nSPS) is 18.5. The van der Waals surface area contributed by atoms with Gasteiger partial charge in [0.2, 0.25) is 5.78 Å². The van der Waals surface area contributed by atoms with Crippen LogP contribution in [-0.4, -0.2) is 43.2 Å². The number of phenolic OH excluding ortho intramolecular Hbond substituents is 1. The maximum absolute atomic E-state index is 13.3. The molecular formula is C23H27N2O4+. The molecule has 2 aromatic carbocycles. The summed E-state index contributed by atoms with van der Waals surface area (Å²) in [6, 6.07) is 9.59. The molecule has 2 heterocycles. The highest BCUT2D eigenvalue weighted by Gasteiger charge is 2.31. The van der Waals surface area contributed by atoms with Gasteiger partial charge in [-0.3, -0.25) is 4.79 Å². The fourth-order valence-corrected chi connectivity index (χ4v) is 4.47. The molecule has 0 saturated heterocycles. The van der Waals surface area contributed by atoms with E-state index < -0.39 is 0 Å². The van der Waals surface area contributed by atoms with E-state index in [0.717, 1.165) is 52.0 Å². The second-order valence-corrected chi connectivity index (χ2v) is 7.74. The van der Waals surface area contributed by atoms with E-state index in [9.17, 15) is 9.90 Å². The summed E-state index contributed by atoms with van der Waals surface area (Å²) >= 11 is 0. The molecule has 0 amide bonds. The quantitative estimate of drug-likeness (QED) is 0.581. The molecule has 1 aromatic heterocycles. The summed E-state index contributed by atoms with van der Waals surface area (Å²) in [5, 5.41) is 11.0. The van der Waals surface area contributed by atoms with Crippen LogP contribution in [0.25, 0.3) is 10.9 Å². The number of carbonyl (C=O) groups is 1. The number of aromatic hydroxyl groups is 1. The number of aromatic amines is 1. The first kappa shape index (κ1) is 19.3. The third-order valence-corrected chi connectivity index (χ3v) is 6.09. The van der Waals surface area contributed by atoms with E-state index in [0.29, 0.717) is 12.3 Å². The second-order valence-electron chi connectivity index (χ2n) is 7.74. The Balaban J connectivity index is 1.63. The van der Waals surface area contributed by atoms with Gasteiger partial charge in [-0.25, -0.2) is 0 Å². The summed E-state index contributed by atoms with van der Waals surface area (Å²) in [5.41, 5.74) is 4.83. The molecule has 1 aliphatic rings. The molecule has 1 unspecified atom stereocenters. The minimum atomic E-state index is 0.123. The van der Waals surface area contributed by atoms with Gasteiger partial charge >= 0.3 is 0 Å². The van der Waals surface area contributed by atoms with Crippen molar-refractivity contribution in [1.29, 1.82) is 0 Å². The molecule has 0 bridgehead atoms. The van der Waals surface area contributed by atoms with Crippen LogP contribution in [0.15, 0.2) is 30.3 Å². The summed E-state index contributed by atoms with van der Waals surface area (Å²) < 4.78 is 10.6. The highest BCUT2D eigenvalue weighted by atomic mass is 16.5. The van der Waals surface area contributed by atoms with Crippen molar-refractivity contribution < 1.29 is 24.3 Å². The summed E-state index contributed by atoms with van der Waals surface area (Å²) in [5.74, 6) is 1.51. The predicted molar refractivity (Wildman–Crippen MR) is 111 cm³/mol. The maximum Gasteiger partial charge on any atom is 0.219 e. The zero-order valence-electron chi connectivity index (χ0n) is 17.3. The number of carbonyl (C=O) groups excluding carboxylic acids is 1. The average Bonchev–Trinajstić information content (AvgIpc) is 3.04. The van der Waals surface area contributed by atoms with Gasteiger partial charge in [0.25, 0.3) is 0 Å². The molecule has 2 atom stereocenters. The minimum absolute atomic E-state index is 0.123. The van der Waals surface area contributed by atoms with Crippen LogP contribution in [0.3, 0.4) is 0 Å². The summed E-state index contributed by atoms with van der Waals surface area (Å²) in [4.78, 5) is 17.8. The Hall–Kier alpha value is -2.99. The summed E-state index contributed by atoms with van der Waals surface area (Å²) in [7, 11) is 3.18. The van der Waals surface area contributed by atoms with Crippen LogP contribution < -0.4 is 14.4 Å². The number of phenols is 1. The molecule has 6 heteroatoms. The molecule has 0 fully saturated rings. The maximum atomic E-state index is 13.3. The number of hydrogen-bond donors (Lipinski definition) is 3. The molecule has 6 nitrogen and oxygen atoms in total. The number of H-pyrrole nitrogens is 1. The molecule has 1 aliphatic heterocycles. The number of fused-ring (bicyclic) bond motifs is 2. The van der Waals surface area contributed by atoms with Crippen LogP contribution in [0.2, 0.25) is 0 Å². The van der Waals surface area contributed by atoms with Crippen molar-refractivity contribution in [2.75, 3.05) is 27.3 Å². The molecule has 0 aliphatic carbocycles. The smallest absolute Gasteiger partial charge is 0.219 e. The minimum Gasteiger partial charge on any atom is -0.504 e. The summed E-state index contributed by atoms with van der Waals surface area (Å²) in [6.45, 7) is 5.32. The van der Waals surface area contributed by atoms with Crippen molar-refractivity contribution >= 4 is 16.7 Å². The van der Waals surface area contributed by atoms with Crippen molar-refractivity contribution in [3.05, 3.63) is 52.7 Å². The highest BCUT2D eigenvalue weighted by molar-refractivity contribution is 6.10. The van der Waals surface area contributed by atoms with E-state index >= 15 is 0 Å². The van der Waals surface area contributed by atoms with E-state index in [4.69, 9.17) is 9.47 Å². The van der Waals surface area contributed by atoms with Crippen molar-refractivity contribution in [3.8, 4) is 17.2 Å². The number of ketones is 1. The Morgan fingerprint density at radius 1 is 1.24 bits per heavy atom. The Morgan fingerprint density at radius 3 is 2.76 bits per heavy atom. The number of ether oxygens (including phenoxy) is 2. The monoisotopic (exact) mass is 395 g/mol. The SMILES string of the molecule is COc1ccc2[nH]c(C)c(C(=O)C[NH+]3CCc4cc(O)c(OC)cc4[C@H]3C)c2c1. The zero-order chi connectivity index (χ0) is 20.7. The van der Waals surface area contributed by atoms with Gasteiger partial charge in [-0.2, -0.15) is 0 Å². The first-order valence-corrected chi connectivity index (χ1v) is 9.86. The van der Waals surface area contributed by atoms with Crippen molar-refractivity contribution in [3.63, 3.8) is 0 Å². The van der Waals surface area contributed by atoms with Gasteiger partial charge in [0.05, 0.1) is 26.3 Å². The molecular weight excluding hydrogens is 368 g/mol. The molecule has 3 aromatic rings. The average molecular weight is 395 g/mol. The number of hydrogen-bond acceptors (Lipinski definition) is 4. The first-order chi connectivity index (χ1) is 13.9. The molecule has 4 rings (SSSR count). The number of rotatable bonds is 5. The van der Waals surface area contributed by atoms with E-state index in [1.54, 1.807) is 20.3 Å². The van der Waals surface area contributed by atoms with Crippen LogP contribution in [0, 0.1) is 6.92 Å². The Kier molecular flexibility index (Phi) is 4.96. The van der Waals surface area contributed by atoms with Gasteiger partial charge < -0.3 is 24.5 Å². The number of methoxy groups -OCH3 is 2. The lowest BCUT2D eigenvalue weighted by Gasteiger charge is -2.32. The Morgan fingerprint density at radius 2 is 2.03 bits per heavy atom. The fraction of sp³-hybridized carbons (Fsp3) is 0.348. The van der Waals surface area contributed by atoms with E-state index in [-0.39, 0.29) is 17.6 Å². The number of quaternary nitrogens is 1. The zero-order valence-corrected chi connectivity index (χ0v) is 17.3.